The molecule has 0 N–H and O–H groups in total. The van der Waals surface area contributed by atoms with E-state index < -0.39 is 5.54 Å². The minimum absolute atomic E-state index is 0.283. The summed E-state index contributed by atoms with van der Waals surface area (Å²) in [7, 11) is 3.23. The summed E-state index contributed by atoms with van der Waals surface area (Å²) in [4.78, 5) is 28.9. The number of thiophene rings is 1. The van der Waals surface area contributed by atoms with Crippen LogP contribution < -0.4 is 15.0 Å². The van der Waals surface area contributed by atoms with Crippen molar-refractivity contribution in [3.8, 4) is 22.1 Å². The van der Waals surface area contributed by atoms with E-state index in [0.29, 0.717) is 23.0 Å². The Hall–Kier alpha value is -4.77. The van der Waals surface area contributed by atoms with Crippen LogP contribution in [0.4, 0.5) is 0 Å². The number of ether oxygens (including phenoxy) is 2. The molecule has 0 bridgehead atoms. The second kappa shape index (κ2) is 11.1. The molecule has 1 amide bonds. The largest absolute Gasteiger partial charge is 0.497 e. The molecule has 5 aromatic rings. The second-order valence-electron chi connectivity index (χ2n) is 11.3. The first-order valence-corrected chi connectivity index (χ1v) is 14.8. The summed E-state index contributed by atoms with van der Waals surface area (Å²) in [5.41, 5.74) is 2.75. The van der Waals surface area contributed by atoms with E-state index >= 15 is 0 Å². The molecule has 0 fully saturated rings. The third-order valence-electron chi connectivity index (χ3n) is 7.45. The Balaban J connectivity index is 1.42. The summed E-state index contributed by atoms with van der Waals surface area (Å²) in [6.07, 6.45) is 2.19. The van der Waals surface area contributed by atoms with Gasteiger partial charge in [-0.15, -0.1) is 11.3 Å². The predicted octanol–water partition coefficient (Wildman–Crippen LogP) is 5.47. The second-order valence-corrected chi connectivity index (χ2v) is 12.2. The molecule has 0 saturated carbocycles. The fraction of sp³-hybridized carbons (Fsp3) is 0.281. The number of carbonyl (C=O) groups is 1. The van der Waals surface area contributed by atoms with Gasteiger partial charge in [0.15, 0.2) is 0 Å². The summed E-state index contributed by atoms with van der Waals surface area (Å²) in [5.74, 6) is 1.10. The normalized spacial score (nSPS) is 15.1. The van der Waals surface area contributed by atoms with Gasteiger partial charge in [-0.05, 0) is 79.7 Å². The molecule has 3 aromatic heterocycles. The fourth-order valence-corrected chi connectivity index (χ4v) is 5.99. The zero-order chi connectivity index (χ0) is 30.3. The number of hydrogen-bond donors (Lipinski definition) is 0. The minimum atomic E-state index is -0.456. The number of fused-ring (bicyclic) bond motifs is 1. The van der Waals surface area contributed by atoms with Gasteiger partial charge in [-0.3, -0.25) is 14.3 Å². The van der Waals surface area contributed by atoms with Crippen LogP contribution in [0, 0.1) is 0 Å². The van der Waals surface area contributed by atoms with Crippen LogP contribution in [-0.4, -0.2) is 50.4 Å². The molecule has 0 saturated heterocycles. The molecular formula is C32H32N6O4S. The number of amides is 1. The van der Waals surface area contributed by atoms with E-state index in [0.717, 1.165) is 33.2 Å². The van der Waals surface area contributed by atoms with Crippen LogP contribution in [0.15, 0.2) is 82.1 Å². The van der Waals surface area contributed by atoms with Gasteiger partial charge in [-0.1, -0.05) is 18.2 Å². The van der Waals surface area contributed by atoms with Gasteiger partial charge in [-0.2, -0.15) is 15.3 Å². The van der Waals surface area contributed by atoms with Crippen LogP contribution in [0.3, 0.4) is 0 Å². The van der Waals surface area contributed by atoms with Crippen LogP contribution in [0.1, 0.15) is 44.4 Å². The zero-order valence-electron chi connectivity index (χ0n) is 24.6. The summed E-state index contributed by atoms with van der Waals surface area (Å²) >= 11 is 1.52. The molecule has 2 aromatic carbocycles. The van der Waals surface area contributed by atoms with Crippen molar-refractivity contribution in [2.24, 2.45) is 5.10 Å². The van der Waals surface area contributed by atoms with Crippen LogP contribution in [0.5, 0.6) is 11.5 Å². The maximum absolute atomic E-state index is 14.1. The molecule has 220 valence electrons. The Bertz CT molecular complexity index is 1870. The Kier molecular flexibility index (Phi) is 7.35. The summed E-state index contributed by atoms with van der Waals surface area (Å²) in [6, 6.07) is 18.7. The summed E-state index contributed by atoms with van der Waals surface area (Å²) < 4.78 is 13.6. The lowest BCUT2D eigenvalue weighted by Gasteiger charge is -2.23. The molecule has 0 spiro atoms. The quantitative estimate of drug-likeness (QED) is 0.247. The number of hydrazone groups is 1. The van der Waals surface area contributed by atoms with E-state index in [1.807, 2.05) is 86.8 Å². The highest BCUT2D eigenvalue weighted by atomic mass is 32.1. The first-order valence-electron chi connectivity index (χ1n) is 13.9. The third-order valence-corrected chi connectivity index (χ3v) is 8.32. The van der Waals surface area contributed by atoms with Crippen LogP contribution in [0.25, 0.3) is 21.5 Å². The maximum Gasteiger partial charge on any atom is 0.293 e. The van der Waals surface area contributed by atoms with E-state index in [1.54, 1.807) is 25.1 Å². The van der Waals surface area contributed by atoms with Gasteiger partial charge in [0.1, 0.15) is 29.3 Å². The van der Waals surface area contributed by atoms with Crippen molar-refractivity contribution in [3.63, 3.8) is 0 Å². The Morgan fingerprint density at radius 3 is 2.28 bits per heavy atom. The number of aromatic nitrogens is 4. The number of methoxy groups -OCH3 is 2. The Morgan fingerprint density at radius 1 is 1.00 bits per heavy atom. The average Bonchev–Trinajstić information content (AvgIpc) is 3.79. The molecule has 6 rings (SSSR count). The molecule has 4 heterocycles. The Morgan fingerprint density at radius 2 is 1.67 bits per heavy atom. The maximum atomic E-state index is 14.1. The molecule has 43 heavy (non-hydrogen) atoms. The van der Waals surface area contributed by atoms with E-state index in [-0.39, 0.29) is 24.1 Å². The van der Waals surface area contributed by atoms with Crippen LogP contribution in [0.2, 0.25) is 0 Å². The van der Waals surface area contributed by atoms with E-state index in [4.69, 9.17) is 19.7 Å². The van der Waals surface area contributed by atoms with Crippen molar-refractivity contribution in [2.75, 3.05) is 14.2 Å². The fourth-order valence-electron chi connectivity index (χ4n) is 5.27. The monoisotopic (exact) mass is 596 g/mol. The summed E-state index contributed by atoms with van der Waals surface area (Å²) in [5, 5.41) is 18.1. The van der Waals surface area contributed by atoms with Crippen molar-refractivity contribution in [1.29, 1.82) is 0 Å². The van der Waals surface area contributed by atoms with E-state index in [2.05, 4.69) is 5.10 Å². The van der Waals surface area contributed by atoms with Crippen LogP contribution in [-0.2, 0) is 16.9 Å². The number of hydrogen-bond acceptors (Lipinski definition) is 8. The van der Waals surface area contributed by atoms with Gasteiger partial charge in [0.2, 0.25) is 0 Å². The smallest absolute Gasteiger partial charge is 0.293 e. The highest BCUT2D eigenvalue weighted by molar-refractivity contribution is 7.13. The van der Waals surface area contributed by atoms with E-state index in [1.165, 1.54) is 21.0 Å². The van der Waals surface area contributed by atoms with Gasteiger partial charge < -0.3 is 9.47 Å². The zero-order valence-corrected chi connectivity index (χ0v) is 25.5. The molecule has 0 radical (unpaired) electrons. The number of benzene rings is 2. The highest BCUT2D eigenvalue weighted by Crippen LogP contribution is 2.35. The van der Waals surface area contributed by atoms with Gasteiger partial charge in [0, 0.05) is 6.42 Å². The van der Waals surface area contributed by atoms with Gasteiger partial charge >= 0.3 is 0 Å². The summed E-state index contributed by atoms with van der Waals surface area (Å²) in [6.45, 7) is 5.67. The Labute approximate surface area is 252 Å². The van der Waals surface area contributed by atoms with Crippen LogP contribution >= 0.6 is 11.3 Å². The van der Waals surface area contributed by atoms with Crippen molar-refractivity contribution in [3.05, 3.63) is 93.7 Å². The molecular weight excluding hydrogens is 564 g/mol. The third kappa shape index (κ3) is 5.32. The standard InChI is InChI=1S/C32H32N6O4S/c1-32(2,3)38-30-24(18-33-38)29(27-7-6-16-43-27)35-36(31(30)40)19-28(39)37-26(21-10-14-23(42-5)15-11-21)17-25(34-37)20-8-12-22(41-4)13-9-20/h6-16,18,26H,17,19H2,1-5H3. The molecule has 1 aliphatic heterocycles. The van der Waals surface area contributed by atoms with Crippen molar-refractivity contribution >= 4 is 33.9 Å². The first-order chi connectivity index (χ1) is 20.7. The lowest BCUT2D eigenvalue weighted by atomic mass is 9.98. The first kappa shape index (κ1) is 28.4. The van der Waals surface area contributed by atoms with Gasteiger partial charge in [0.05, 0.1) is 48.0 Å². The highest BCUT2D eigenvalue weighted by Gasteiger charge is 2.34. The average molecular weight is 597 g/mol. The van der Waals surface area contributed by atoms with Crippen molar-refractivity contribution in [2.45, 2.75) is 45.3 Å². The predicted molar refractivity (Wildman–Crippen MR) is 167 cm³/mol. The van der Waals surface area contributed by atoms with E-state index in [9.17, 15) is 9.59 Å². The molecule has 11 heteroatoms. The van der Waals surface area contributed by atoms with Crippen molar-refractivity contribution in [1.82, 2.24) is 24.6 Å². The number of rotatable bonds is 7. The number of nitrogens with zero attached hydrogens (tertiary/aromatic N) is 6. The molecule has 1 aliphatic rings. The molecule has 1 atom stereocenters. The van der Waals surface area contributed by atoms with Gasteiger partial charge in [0.25, 0.3) is 11.5 Å². The molecule has 1 unspecified atom stereocenters. The molecule has 0 aliphatic carbocycles. The topological polar surface area (TPSA) is 104 Å². The lowest BCUT2D eigenvalue weighted by molar-refractivity contribution is -0.133. The molecule has 10 nitrogen and oxygen atoms in total. The lowest BCUT2D eigenvalue weighted by Crippen LogP contribution is -2.36. The van der Waals surface area contributed by atoms with Crippen molar-refractivity contribution < 1.29 is 14.3 Å². The minimum Gasteiger partial charge on any atom is -0.497 e. The number of carbonyl (C=O) groups excluding carboxylic acids is 1. The van der Waals surface area contributed by atoms with Gasteiger partial charge in [-0.25, -0.2) is 9.69 Å². The SMILES string of the molecule is COc1ccc(C2=NN(C(=O)Cn3nc(-c4cccs4)c4cnn(C(C)(C)C)c4c3=O)C(c3ccc(OC)cc3)C2)cc1.